The van der Waals surface area contributed by atoms with Crippen molar-refractivity contribution in [3.05, 3.63) is 24.3 Å². The van der Waals surface area contributed by atoms with E-state index in [2.05, 4.69) is 0 Å². The molecule has 0 spiro atoms. The predicted octanol–water partition coefficient (Wildman–Crippen LogP) is 3.10. The molecule has 1 atom stereocenters. The molecule has 0 N–H and O–H groups in total. The number of para-hydroxylation sites is 2. The van der Waals surface area contributed by atoms with Crippen molar-refractivity contribution >= 4 is 52.4 Å². The van der Waals surface area contributed by atoms with Crippen molar-refractivity contribution in [2.45, 2.75) is 23.2 Å². The summed E-state index contributed by atoms with van der Waals surface area (Å²) in [6.45, 7) is 1.60. The first-order valence-electron chi connectivity index (χ1n) is 6.57. The summed E-state index contributed by atoms with van der Waals surface area (Å²) in [6, 6.07) is 7.11. The molecule has 2 rings (SSSR count). The average molecular weight is 367 g/mol. The lowest BCUT2D eigenvalue weighted by molar-refractivity contribution is -0.147. The Morgan fingerprint density at radius 2 is 2.09 bits per heavy atom. The molecule has 0 saturated heterocycles. The number of hydrogen-bond acceptors (Lipinski definition) is 4. The second-order valence-corrected chi connectivity index (χ2v) is 7.09. The quantitative estimate of drug-likeness (QED) is 0.607. The predicted molar refractivity (Wildman–Crippen MR) is 84.8 cm³/mol. The van der Waals surface area contributed by atoms with Gasteiger partial charge in [0, 0.05) is 6.54 Å². The van der Waals surface area contributed by atoms with Crippen molar-refractivity contribution in [1.29, 1.82) is 0 Å². The zero-order valence-corrected chi connectivity index (χ0v) is 14.0. The number of anilines is 1. The third-order valence-corrected chi connectivity index (χ3v) is 4.04. The van der Waals surface area contributed by atoms with Crippen LogP contribution in [0.5, 0.6) is 5.75 Å². The van der Waals surface area contributed by atoms with Gasteiger partial charge in [-0.2, -0.15) is 0 Å². The van der Waals surface area contributed by atoms with Gasteiger partial charge in [-0.25, -0.2) is 0 Å². The first kappa shape index (κ1) is 17.2. The van der Waals surface area contributed by atoms with Crippen LogP contribution >= 0.6 is 34.8 Å². The zero-order valence-electron chi connectivity index (χ0n) is 11.7. The molecule has 1 aromatic rings. The summed E-state index contributed by atoms with van der Waals surface area (Å²) >= 11 is 16.9. The van der Waals surface area contributed by atoms with E-state index >= 15 is 0 Å². The highest BCUT2D eigenvalue weighted by Crippen LogP contribution is 2.33. The summed E-state index contributed by atoms with van der Waals surface area (Å²) < 4.78 is 8.66. The smallest absolute Gasteiger partial charge is 0.308 e. The summed E-state index contributed by atoms with van der Waals surface area (Å²) in [4.78, 5) is 25.2. The number of alkyl halides is 3. The average Bonchev–Trinajstić information content (AvgIpc) is 2.45. The van der Waals surface area contributed by atoms with Crippen LogP contribution in [0, 0.1) is 0 Å². The van der Waals surface area contributed by atoms with E-state index in [1.807, 2.05) is 6.07 Å². The van der Waals surface area contributed by atoms with Crippen LogP contribution in [-0.2, 0) is 14.3 Å². The number of benzene rings is 1. The first-order valence-corrected chi connectivity index (χ1v) is 7.71. The highest BCUT2D eigenvalue weighted by atomic mass is 35.6. The van der Waals surface area contributed by atoms with E-state index in [1.165, 1.54) is 11.8 Å². The van der Waals surface area contributed by atoms with Crippen molar-refractivity contribution in [2.75, 3.05) is 18.1 Å². The van der Waals surface area contributed by atoms with Crippen LogP contribution in [0.2, 0.25) is 0 Å². The molecule has 1 aliphatic rings. The molecule has 5 nitrogen and oxygen atoms in total. The molecule has 1 aliphatic heterocycles. The standard InChI is InChI=1S/C14H14Cl3NO4/c1-9(14(15,16)17)22-13(20)6-7-18-10-4-2-3-5-11(10)21-8-12(18)19/h2-5,9H,6-8H2,1H3/t9-/m1/s1. The summed E-state index contributed by atoms with van der Waals surface area (Å²) in [6.07, 6.45) is -0.886. The Bertz CT molecular complexity index is 573. The van der Waals surface area contributed by atoms with Crippen molar-refractivity contribution < 1.29 is 19.1 Å². The number of carbonyl (C=O) groups excluding carboxylic acids is 2. The highest BCUT2D eigenvalue weighted by molar-refractivity contribution is 6.68. The van der Waals surface area contributed by atoms with E-state index in [1.54, 1.807) is 18.2 Å². The molecule has 0 fully saturated rings. The van der Waals surface area contributed by atoms with Crippen molar-refractivity contribution in [2.24, 2.45) is 0 Å². The Labute approximate surface area is 143 Å². The largest absolute Gasteiger partial charge is 0.482 e. The van der Waals surface area contributed by atoms with Crippen molar-refractivity contribution in [1.82, 2.24) is 0 Å². The third kappa shape index (κ3) is 4.18. The molecule has 120 valence electrons. The number of nitrogens with zero attached hydrogens (tertiary/aromatic N) is 1. The normalized spacial score (nSPS) is 15.8. The summed E-state index contributed by atoms with van der Waals surface area (Å²) in [5, 5.41) is 0. The Morgan fingerprint density at radius 3 is 2.77 bits per heavy atom. The fourth-order valence-electron chi connectivity index (χ4n) is 1.93. The second kappa shape index (κ2) is 6.94. The number of carbonyl (C=O) groups is 2. The van der Waals surface area contributed by atoms with Crippen molar-refractivity contribution in [3.63, 3.8) is 0 Å². The van der Waals surface area contributed by atoms with Gasteiger partial charge in [0.25, 0.3) is 5.91 Å². The van der Waals surface area contributed by atoms with Gasteiger partial charge in [-0.1, -0.05) is 46.9 Å². The monoisotopic (exact) mass is 365 g/mol. The maximum Gasteiger partial charge on any atom is 0.308 e. The lowest BCUT2D eigenvalue weighted by Gasteiger charge is -2.29. The van der Waals surface area contributed by atoms with Gasteiger partial charge in [0.05, 0.1) is 12.1 Å². The minimum Gasteiger partial charge on any atom is -0.482 e. The minimum atomic E-state index is -1.68. The van der Waals surface area contributed by atoms with E-state index < -0.39 is 15.9 Å². The zero-order chi connectivity index (χ0) is 16.3. The number of amides is 1. The highest BCUT2D eigenvalue weighted by Gasteiger charge is 2.32. The number of rotatable bonds is 4. The Morgan fingerprint density at radius 1 is 1.41 bits per heavy atom. The Kier molecular flexibility index (Phi) is 5.42. The molecule has 8 heteroatoms. The fraction of sp³-hybridized carbons (Fsp3) is 0.429. The lowest BCUT2D eigenvalue weighted by atomic mass is 10.2. The lowest BCUT2D eigenvalue weighted by Crippen LogP contribution is -2.40. The van der Waals surface area contributed by atoms with Gasteiger partial charge in [0.1, 0.15) is 11.9 Å². The first-order chi connectivity index (χ1) is 10.3. The van der Waals surface area contributed by atoms with Gasteiger partial charge < -0.3 is 14.4 Å². The third-order valence-electron chi connectivity index (χ3n) is 3.12. The molecule has 1 amide bonds. The van der Waals surface area contributed by atoms with E-state index in [0.717, 1.165) is 0 Å². The van der Waals surface area contributed by atoms with Crippen LogP contribution in [0.25, 0.3) is 0 Å². The molecule has 0 aliphatic carbocycles. The van der Waals surface area contributed by atoms with Gasteiger partial charge in [-0.15, -0.1) is 0 Å². The molecule has 0 aromatic heterocycles. The van der Waals surface area contributed by atoms with E-state index in [9.17, 15) is 9.59 Å². The second-order valence-electron chi connectivity index (χ2n) is 4.73. The van der Waals surface area contributed by atoms with Crippen LogP contribution < -0.4 is 9.64 Å². The molecular weight excluding hydrogens is 353 g/mol. The van der Waals surface area contributed by atoms with Gasteiger partial charge in [-0.3, -0.25) is 9.59 Å². The molecule has 0 radical (unpaired) electrons. The number of esters is 1. The SMILES string of the molecule is C[C@@H](OC(=O)CCN1C(=O)COc2ccccc21)C(Cl)(Cl)Cl. The van der Waals surface area contributed by atoms with Crippen LogP contribution in [0.3, 0.4) is 0 Å². The Hall–Kier alpha value is -1.17. The number of ether oxygens (including phenoxy) is 2. The number of fused-ring (bicyclic) bond motifs is 1. The van der Waals surface area contributed by atoms with Gasteiger partial charge in [0.15, 0.2) is 6.61 Å². The maximum absolute atomic E-state index is 11.9. The summed E-state index contributed by atoms with van der Waals surface area (Å²) in [7, 11) is 0. The van der Waals surface area contributed by atoms with Crippen LogP contribution in [0.15, 0.2) is 24.3 Å². The molecule has 1 aromatic carbocycles. The summed E-state index contributed by atoms with van der Waals surface area (Å²) in [5.74, 6) is -0.165. The summed E-state index contributed by atoms with van der Waals surface area (Å²) in [5.41, 5.74) is 0.626. The van der Waals surface area contributed by atoms with E-state index in [-0.39, 0.29) is 25.5 Å². The Balaban J connectivity index is 1.97. The fourth-order valence-corrected chi connectivity index (χ4v) is 2.06. The number of hydrogen-bond donors (Lipinski definition) is 0. The van der Waals surface area contributed by atoms with E-state index in [0.29, 0.717) is 11.4 Å². The minimum absolute atomic E-state index is 0.00877. The molecule has 0 unspecified atom stereocenters. The molecular formula is C14H14Cl3NO4. The van der Waals surface area contributed by atoms with Crippen LogP contribution in [0.1, 0.15) is 13.3 Å². The number of halogens is 3. The molecule has 0 bridgehead atoms. The van der Waals surface area contributed by atoms with Gasteiger partial charge >= 0.3 is 5.97 Å². The van der Waals surface area contributed by atoms with Gasteiger partial charge in [0.2, 0.25) is 3.79 Å². The molecule has 0 saturated carbocycles. The van der Waals surface area contributed by atoms with Crippen LogP contribution in [-0.4, -0.2) is 34.9 Å². The molecule has 1 heterocycles. The molecule has 22 heavy (non-hydrogen) atoms. The van der Waals surface area contributed by atoms with E-state index in [4.69, 9.17) is 44.3 Å². The topological polar surface area (TPSA) is 55.8 Å². The maximum atomic E-state index is 11.9. The van der Waals surface area contributed by atoms with Crippen molar-refractivity contribution in [3.8, 4) is 5.75 Å². The van der Waals surface area contributed by atoms with Crippen LogP contribution in [0.4, 0.5) is 5.69 Å². The van der Waals surface area contributed by atoms with Gasteiger partial charge in [-0.05, 0) is 19.1 Å².